The largest absolute Gasteiger partial charge is 0.320 e. The minimum absolute atomic E-state index is 0.163. The van der Waals surface area contributed by atoms with Gasteiger partial charge < -0.3 is 10.2 Å². The fourth-order valence-electron chi connectivity index (χ4n) is 3.22. The number of hydrogen-bond acceptors (Lipinski definition) is 3. The van der Waals surface area contributed by atoms with E-state index in [0.29, 0.717) is 12.1 Å². The van der Waals surface area contributed by atoms with Crippen molar-refractivity contribution in [1.82, 2.24) is 4.98 Å². The summed E-state index contributed by atoms with van der Waals surface area (Å²) in [7, 11) is 0. The van der Waals surface area contributed by atoms with Crippen LogP contribution in [-0.4, -0.2) is 23.3 Å². The van der Waals surface area contributed by atoms with Crippen LogP contribution in [-0.2, 0) is 6.42 Å². The van der Waals surface area contributed by atoms with Crippen LogP contribution in [0.5, 0.6) is 0 Å². The Kier molecular flexibility index (Phi) is 6.39. The number of benzene rings is 2. The van der Waals surface area contributed by atoms with Gasteiger partial charge in [-0.15, -0.1) is 0 Å². The molecule has 1 N–H and O–H groups in total. The summed E-state index contributed by atoms with van der Waals surface area (Å²) in [5.74, 6) is -0.498. The first-order valence-corrected chi connectivity index (χ1v) is 9.77. The monoisotopic (exact) mass is 387 g/mol. The van der Waals surface area contributed by atoms with Crippen molar-refractivity contribution in [2.24, 2.45) is 0 Å². The maximum absolute atomic E-state index is 13.1. The molecule has 2 aromatic carbocycles. The lowest BCUT2D eigenvalue weighted by atomic mass is 10.1. The second kappa shape index (κ2) is 9.15. The first-order chi connectivity index (χ1) is 14.0. The Bertz CT molecular complexity index is 1030. The zero-order chi connectivity index (χ0) is 20.8. The molecule has 0 aliphatic heterocycles. The summed E-state index contributed by atoms with van der Waals surface area (Å²) in [6.45, 7) is 6.48. The van der Waals surface area contributed by atoms with Gasteiger partial charge in [-0.25, -0.2) is 0 Å². The van der Waals surface area contributed by atoms with Crippen LogP contribution in [0.4, 0.5) is 11.4 Å². The molecular formula is C24H25N3O2. The molecular weight excluding hydrogens is 362 g/mol. The van der Waals surface area contributed by atoms with Crippen LogP contribution in [0.1, 0.15) is 45.8 Å². The van der Waals surface area contributed by atoms with E-state index in [1.54, 1.807) is 17.0 Å². The predicted molar refractivity (Wildman–Crippen MR) is 117 cm³/mol. The van der Waals surface area contributed by atoms with Crippen molar-refractivity contribution >= 4 is 23.2 Å². The summed E-state index contributed by atoms with van der Waals surface area (Å²) in [6, 6.07) is 18.6. The molecule has 0 unspecified atom stereocenters. The summed E-state index contributed by atoms with van der Waals surface area (Å²) < 4.78 is 0. The molecule has 5 nitrogen and oxygen atoms in total. The molecule has 0 aliphatic rings. The quantitative estimate of drug-likeness (QED) is 0.656. The number of carbonyl (C=O) groups is 2. The van der Waals surface area contributed by atoms with E-state index in [0.717, 1.165) is 28.9 Å². The molecule has 5 heteroatoms. The number of nitrogens with zero attached hydrogens (tertiary/aromatic N) is 2. The SMILES string of the molecule is CCc1ccccc1NC(=O)c1cc(C(=O)N(CC)c2cccc(C)c2)ccn1. The van der Waals surface area contributed by atoms with Crippen LogP contribution in [0.15, 0.2) is 66.9 Å². The highest BCUT2D eigenvalue weighted by atomic mass is 16.2. The number of anilines is 2. The van der Waals surface area contributed by atoms with Crippen molar-refractivity contribution in [3.63, 3.8) is 0 Å². The van der Waals surface area contributed by atoms with Crippen molar-refractivity contribution in [1.29, 1.82) is 0 Å². The average molecular weight is 387 g/mol. The molecule has 0 aliphatic carbocycles. The number of para-hydroxylation sites is 1. The highest BCUT2D eigenvalue weighted by Gasteiger charge is 2.18. The normalized spacial score (nSPS) is 10.4. The van der Waals surface area contributed by atoms with Crippen LogP contribution < -0.4 is 10.2 Å². The lowest BCUT2D eigenvalue weighted by molar-refractivity contribution is 0.0988. The van der Waals surface area contributed by atoms with Gasteiger partial charge in [-0.3, -0.25) is 14.6 Å². The predicted octanol–water partition coefficient (Wildman–Crippen LogP) is 4.87. The second-order valence-electron chi connectivity index (χ2n) is 6.78. The average Bonchev–Trinajstić information content (AvgIpc) is 2.74. The molecule has 29 heavy (non-hydrogen) atoms. The molecule has 0 radical (unpaired) electrons. The molecule has 0 saturated carbocycles. The smallest absolute Gasteiger partial charge is 0.274 e. The minimum Gasteiger partial charge on any atom is -0.320 e. The van der Waals surface area contributed by atoms with Gasteiger partial charge in [0, 0.05) is 29.7 Å². The summed E-state index contributed by atoms with van der Waals surface area (Å²) in [4.78, 5) is 31.7. The van der Waals surface area contributed by atoms with Crippen LogP contribution >= 0.6 is 0 Å². The Balaban J connectivity index is 1.84. The number of aryl methyl sites for hydroxylation is 2. The molecule has 0 atom stereocenters. The third kappa shape index (κ3) is 4.69. The van der Waals surface area contributed by atoms with Gasteiger partial charge >= 0.3 is 0 Å². The third-order valence-electron chi connectivity index (χ3n) is 4.76. The molecule has 2 amide bonds. The number of nitrogens with one attached hydrogen (secondary N) is 1. The number of amides is 2. The molecule has 0 fully saturated rings. The Hall–Kier alpha value is -3.47. The Labute approximate surface area is 171 Å². The van der Waals surface area contributed by atoms with Gasteiger partial charge in [0.1, 0.15) is 5.69 Å². The van der Waals surface area contributed by atoms with E-state index in [1.165, 1.54) is 6.20 Å². The Morgan fingerprint density at radius 1 is 1.00 bits per heavy atom. The van der Waals surface area contributed by atoms with Crippen molar-refractivity contribution in [2.45, 2.75) is 27.2 Å². The zero-order valence-electron chi connectivity index (χ0n) is 17.0. The maximum atomic E-state index is 13.1. The van der Waals surface area contributed by atoms with E-state index >= 15 is 0 Å². The van der Waals surface area contributed by atoms with E-state index in [2.05, 4.69) is 10.3 Å². The van der Waals surface area contributed by atoms with Crippen LogP contribution in [0.2, 0.25) is 0 Å². The van der Waals surface area contributed by atoms with Crippen molar-refractivity contribution in [2.75, 3.05) is 16.8 Å². The van der Waals surface area contributed by atoms with Crippen LogP contribution in [0, 0.1) is 6.92 Å². The fourth-order valence-corrected chi connectivity index (χ4v) is 3.22. The van der Waals surface area contributed by atoms with E-state index in [4.69, 9.17) is 0 Å². The highest BCUT2D eigenvalue weighted by molar-refractivity contribution is 6.09. The van der Waals surface area contributed by atoms with Crippen LogP contribution in [0.3, 0.4) is 0 Å². The summed E-state index contributed by atoms with van der Waals surface area (Å²) >= 11 is 0. The number of hydrogen-bond donors (Lipinski definition) is 1. The minimum atomic E-state index is -0.334. The van der Waals surface area contributed by atoms with Gasteiger partial charge in [-0.05, 0) is 61.7 Å². The van der Waals surface area contributed by atoms with Gasteiger partial charge in [0.05, 0.1) is 0 Å². The van der Waals surface area contributed by atoms with E-state index < -0.39 is 0 Å². The number of rotatable bonds is 6. The van der Waals surface area contributed by atoms with Gasteiger partial charge in [0.15, 0.2) is 0 Å². The lowest BCUT2D eigenvalue weighted by Gasteiger charge is -2.21. The van der Waals surface area contributed by atoms with Gasteiger partial charge in [-0.2, -0.15) is 0 Å². The van der Waals surface area contributed by atoms with Crippen LogP contribution in [0.25, 0.3) is 0 Å². The molecule has 0 bridgehead atoms. The topological polar surface area (TPSA) is 62.3 Å². The van der Waals surface area contributed by atoms with E-state index in [1.807, 2.05) is 69.3 Å². The van der Waals surface area contributed by atoms with E-state index in [-0.39, 0.29) is 17.5 Å². The number of aromatic nitrogens is 1. The molecule has 3 rings (SSSR count). The standard InChI is InChI=1S/C24H25N3O2/c1-4-18-10-6-7-12-21(18)26-23(28)22-16-19(13-14-25-22)24(29)27(5-2)20-11-8-9-17(3)15-20/h6-16H,4-5H2,1-3H3,(H,26,28). The van der Waals surface area contributed by atoms with Crippen molar-refractivity contribution in [3.8, 4) is 0 Å². The molecule has 0 saturated heterocycles. The highest BCUT2D eigenvalue weighted by Crippen LogP contribution is 2.20. The van der Waals surface area contributed by atoms with Crippen molar-refractivity contribution in [3.05, 3.63) is 89.2 Å². The molecule has 0 spiro atoms. The number of carbonyl (C=O) groups excluding carboxylic acids is 2. The summed E-state index contributed by atoms with van der Waals surface area (Å²) in [5, 5.41) is 2.90. The second-order valence-corrected chi connectivity index (χ2v) is 6.78. The van der Waals surface area contributed by atoms with Gasteiger partial charge in [0.2, 0.25) is 0 Å². The first-order valence-electron chi connectivity index (χ1n) is 9.77. The maximum Gasteiger partial charge on any atom is 0.274 e. The Morgan fingerprint density at radius 3 is 2.52 bits per heavy atom. The fraction of sp³-hybridized carbons (Fsp3) is 0.208. The Morgan fingerprint density at radius 2 is 1.79 bits per heavy atom. The van der Waals surface area contributed by atoms with Gasteiger partial charge in [-0.1, -0.05) is 37.3 Å². The molecule has 3 aromatic rings. The molecule has 1 heterocycles. The summed E-state index contributed by atoms with van der Waals surface area (Å²) in [6.07, 6.45) is 2.31. The van der Waals surface area contributed by atoms with Crippen molar-refractivity contribution < 1.29 is 9.59 Å². The molecule has 1 aromatic heterocycles. The lowest BCUT2D eigenvalue weighted by Crippen LogP contribution is -2.31. The third-order valence-corrected chi connectivity index (χ3v) is 4.76. The number of pyridine rings is 1. The first kappa shape index (κ1) is 20.3. The summed E-state index contributed by atoms with van der Waals surface area (Å²) in [5.41, 5.74) is 4.35. The zero-order valence-corrected chi connectivity index (χ0v) is 17.0. The van der Waals surface area contributed by atoms with E-state index in [9.17, 15) is 9.59 Å². The molecule has 148 valence electrons. The van der Waals surface area contributed by atoms with Gasteiger partial charge in [0.25, 0.3) is 11.8 Å².